The van der Waals surface area contributed by atoms with Crippen LogP contribution in [0.5, 0.6) is 0 Å². The number of nitrogens with zero attached hydrogens (tertiary/aromatic N) is 4. The van der Waals surface area contributed by atoms with Gasteiger partial charge in [0.2, 0.25) is 5.91 Å². The van der Waals surface area contributed by atoms with E-state index in [1.165, 1.54) is 22.8 Å². The molecule has 4 heterocycles. The van der Waals surface area contributed by atoms with Crippen LogP contribution in [0.2, 0.25) is 0 Å². The number of halogens is 1. The number of aromatic nitrogens is 2. The van der Waals surface area contributed by atoms with E-state index in [4.69, 9.17) is 4.74 Å². The van der Waals surface area contributed by atoms with Crippen LogP contribution in [-0.2, 0) is 28.9 Å². The Labute approximate surface area is 194 Å². The Morgan fingerprint density at radius 1 is 1.33 bits per heavy atom. The molecule has 2 aliphatic heterocycles. The molecular formula is C24H24FN5O2S. The average molecular weight is 466 g/mol. The number of amides is 1. The van der Waals surface area contributed by atoms with Gasteiger partial charge >= 0.3 is 0 Å². The zero-order chi connectivity index (χ0) is 22.5. The van der Waals surface area contributed by atoms with Crippen molar-refractivity contribution in [2.24, 2.45) is 10.9 Å². The number of thiophene rings is 1. The Kier molecular flexibility index (Phi) is 5.10. The molecule has 0 spiro atoms. The van der Waals surface area contributed by atoms with E-state index in [9.17, 15) is 9.18 Å². The smallest absolute Gasteiger partial charge is 0.226 e. The highest BCUT2D eigenvalue weighted by Gasteiger charge is 2.34. The van der Waals surface area contributed by atoms with E-state index >= 15 is 0 Å². The zero-order valence-corrected chi connectivity index (χ0v) is 19.1. The molecule has 1 aliphatic carbocycles. The van der Waals surface area contributed by atoms with Gasteiger partial charge in [-0.05, 0) is 55.0 Å². The lowest BCUT2D eigenvalue weighted by atomic mass is 9.86. The minimum Gasteiger partial charge on any atom is -0.377 e. The molecule has 9 heteroatoms. The quantitative estimate of drug-likeness (QED) is 0.636. The molecule has 33 heavy (non-hydrogen) atoms. The summed E-state index contributed by atoms with van der Waals surface area (Å²) >= 11 is 1.62. The number of carbonyl (C=O) groups excluding carboxylic acids is 1. The first kappa shape index (κ1) is 20.7. The number of benzene rings is 1. The highest BCUT2D eigenvalue weighted by Crippen LogP contribution is 2.41. The highest BCUT2D eigenvalue weighted by atomic mass is 32.1. The molecule has 2 atom stereocenters. The molecule has 170 valence electrons. The van der Waals surface area contributed by atoms with Crippen molar-refractivity contribution in [3.8, 4) is 0 Å². The first-order valence-corrected chi connectivity index (χ1v) is 12.1. The predicted molar refractivity (Wildman–Crippen MR) is 126 cm³/mol. The predicted octanol–water partition coefficient (Wildman–Crippen LogP) is 3.86. The molecule has 0 saturated carbocycles. The maximum Gasteiger partial charge on any atom is 0.226 e. The van der Waals surface area contributed by atoms with E-state index in [-0.39, 0.29) is 23.7 Å². The van der Waals surface area contributed by atoms with Crippen molar-refractivity contribution in [1.82, 2.24) is 14.9 Å². The molecular weight excluding hydrogens is 441 g/mol. The number of ether oxygens (including phenoxy) is 1. The first-order valence-electron chi connectivity index (χ1n) is 11.3. The third kappa shape index (κ3) is 3.59. The van der Waals surface area contributed by atoms with Gasteiger partial charge in [-0.1, -0.05) is 0 Å². The number of anilines is 2. The van der Waals surface area contributed by atoms with Crippen LogP contribution in [0.3, 0.4) is 0 Å². The van der Waals surface area contributed by atoms with Gasteiger partial charge in [-0.15, -0.1) is 11.3 Å². The van der Waals surface area contributed by atoms with E-state index in [0.717, 1.165) is 34.2 Å². The van der Waals surface area contributed by atoms with Gasteiger partial charge in [-0.3, -0.25) is 9.79 Å². The Bertz CT molecular complexity index is 1290. The van der Waals surface area contributed by atoms with Gasteiger partial charge in [0, 0.05) is 23.6 Å². The fourth-order valence-electron chi connectivity index (χ4n) is 5.06. The fraction of sp³-hybridized carbons (Fsp3) is 0.417. The summed E-state index contributed by atoms with van der Waals surface area (Å²) < 4.78 is 20.2. The van der Waals surface area contributed by atoms with Crippen LogP contribution in [0.25, 0.3) is 10.2 Å². The lowest BCUT2D eigenvalue weighted by molar-refractivity contribution is -0.143. The summed E-state index contributed by atoms with van der Waals surface area (Å²) in [6.07, 6.45) is 5.57. The van der Waals surface area contributed by atoms with Crippen molar-refractivity contribution < 1.29 is 13.9 Å². The molecule has 1 fully saturated rings. The van der Waals surface area contributed by atoms with Gasteiger partial charge < -0.3 is 15.0 Å². The van der Waals surface area contributed by atoms with Crippen LogP contribution in [0.15, 0.2) is 23.5 Å². The van der Waals surface area contributed by atoms with Crippen LogP contribution >= 0.6 is 11.3 Å². The summed E-state index contributed by atoms with van der Waals surface area (Å²) in [7, 11) is 0. The molecule has 0 unspecified atom stereocenters. The summed E-state index contributed by atoms with van der Waals surface area (Å²) in [6, 6.07) is 3.44. The largest absolute Gasteiger partial charge is 0.377 e. The van der Waals surface area contributed by atoms with Gasteiger partial charge in [-0.2, -0.15) is 0 Å². The van der Waals surface area contributed by atoms with Crippen LogP contribution in [0.4, 0.5) is 15.9 Å². The van der Waals surface area contributed by atoms with E-state index in [0.29, 0.717) is 44.2 Å². The van der Waals surface area contributed by atoms with Crippen molar-refractivity contribution in [3.63, 3.8) is 0 Å². The fourth-order valence-corrected chi connectivity index (χ4v) is 6.33. The number of aliphatic imine (C=N–C) groups is 1. The van der Waals surface area contributed by atoms with Gasteiger partial charge in [0.25, 0.3) is 0 Å². The van der Waals surface area contributed by atoms with Crippen molar-refractivity contribution in [2.45, 2.75) is 38.8 Å². The zero-order valence-electron chi connectivity index (χ0n) is 18.3. The number of aryl methyl sites for hydroxylation is 1. The summed E-state index contributed by atoms with van der Waals surface area (Å²) in [5, 5.41) is 4.14. The van der Waals surface area contributed by atoms with Gasteiger partial charge in [0.1, 0.15) is 22.8 Å². The molecule has 7 nitrogen and oxygen atoms in total. The van der Waals surface area contributed by atoms with Crippen molar-refractivity contribution in [3.05, 3.63) is 45.8 Å². The van der Waals surface area contributed by atoms with E-state index in [1.54, 1.807) is 23.6 Å². The second kappa shape index (κ2) is 8.14. The number of hydrogen-bond donors (Lipinski definition) is 1. The Morgan fingerprint density at radius 2 is 2.24 bits per heavy atom. The molecule has 1 aromatic carbocycles. The molecule has 6 rings (SSSR count). The monoisotopic (exact) mass is 465 g/mol. The number of hydrogen-bond acceptors (Lipinski definition) is 7. The maximum atomic E-state index is 14.7. The number of carbonyl (C=O) groups is 1. The number of fused-ring (bicyclic) bond motifs is 4. The second-order valence-corrected chi connectivity index (χ2v) is 10.0. The van der Waals surface area contributed by atoms with Crippen molar-refractivity contribution >= 4 is 45.2 Å². The number of morpholine rings is 1. The number of nitrogens with one attached hydrogen (secondary N) is 1. The molecule has 0 bridgehead atoms. The Balaban J connectivity index is 1.30. The van der Waals surface area contributed by atoms with E-state index in [1.807, 2.05) is 11.8 Å². The standard InChI is InChI=1S/C24H24FN5O2S/c1-13-11-32-5-4-30(13)24(31)14-2-3-17-20(8-14)33-23-21(17)22(27-12-28-23)29-19-7-16-10-26-9-15(16)6-18(19)25/h6-7,10,12-14H,2-5,8-9,11H2,1H3,(H,27,28,29)/t13-,14+/m1/s1. The lowest BCUT2D eigenvalue weighted by Gasteiger charge is -2.36. The maximum absolute atomic E-state index is 14.7. The van der Waals surface area contributed by atoms with Crippen LogP contribution in [0.1, 0.15) is 34.9 Å². The summed E-state index contributed by atoms with van der Waals surface area (Å²) in [5.41, 5.74) is 3.38. The second-order valence-electron chi connectivity index (χ2n) is 8.93. The van der Waals surface area contributed by atoms with Crippen LogP contribution < -0.4 is 5.32 Å². The van der Waals surface area contributed by atoms with Crippen molar-refractivity contribution in [2.75, 3.05) is 25.1 Å². The normalized spacial score (nSPS) is 21.8. The average Bonchev–Trinajstić information content (AvgIpc) is 3.42. The van der Waals surface area contributed by atoms with Crippen molar-refractivity contribution in [1.29, 1.82) is 0 Å². The highest BCUT2D eigenvalue weighted by molar-refractivity contribution is 7.19. The van der Waals surface area contributed by atoms with E-state index in [2.05, 4.69) is 20.3 Å². The Morgan fingerprint density at radius 3 is 3.12 bits per heavy atom. The molecule has 3 aliphatic rings. The molecule has 3 aromatic rings. The number of rotatable bonds is 3. The van der Waals surface area contributed by atoms with Gasteiger partial charge in [0.15, 0.2) is 0 Å². The van der Waals surface area contributed by atoms with Gasteiger partial charge in [0.05, 0.1) is 36.9 Å². The topological polar surface area (TPSA) is 79.7 Å². The van der Waals surface area contributed by atoms with Gasteiger partial charge in [-0.25, -0.2) is 14.4 Å². The molecule has 2 aromatic heterocycles. The minimum atomic E-state index is -0.319. The summed E-state index contributed by atoms with van der Waals surface area (Å²) in [4.78, 5) is 30.4. The summed E-state index contributed by atoms with van der Waals surface area (Å²) in [5.74, 6) is 0.488. The van der Waals surface area contributed by atoms with E-state index < -0.39 is 0 Å². The van der Waals surface area contributed by atoms with Crippen LogP contribution in [-0.4, -0.2) is 52.8 Å². The summed E-state index contributed by atoms with van der Waals surface area (Å²) in [6.45, 7) is 4.43. The third-order valence-electron chi connectivity index (χ3n) is 6.82. The molecule has 1 N–H and O–H groups in total. The lowest BCUT2D eigenvalue weighted by Crippen LogP contribution is -2.50. The first-order chi connectivity index (χ1) is 16.1. The molecule has 0 radical (unpaired) electrons. The minimum absolute atomic E-state index is 0.0241. The Hall–Kier alpha value is -2.91. The SMILES string of the molecule is C[C@@H]1COCCN1C(=O)[C@H]1CCc2c(sc3ncnc(Nc4cc5c(cc4F)CN=C5)c23)C1. The third-order valence-corrected chi connectivity index (χ3v) is 7.98. The van der Waals surface area contributed by atoms with Crippen LogP contribution in [0, 0.1) is 11.7 Å². The molecule has 1 amide bonds. The molecule has 1 saturated heterocycles.